The van der Waals surface area contributed by atoms with Crippen molar-refractivity contribution in [2.45, 2.75) is 51.8 Å². The Balaban J connectivity index is 1.83. The lowest BCUT2D eigenvalue weighted by atomic mass is 9.89. The van der Waals surface area contributed by atoms with E-state index in [1.165, 1.54) is 5.57 Å². The molecule has 2 bridgehead atoms. The van der Waals surface area contributed by atoms with Crippen molar-refractivity contribution in [2.24, 2.45) is 0 Å². The number of benzene rings is 1. The Morgan fingerprint density at radius 3 is 2.40 bits per heavy atom. The molecule has 0 aliphatic carbocycles. The van der Waals surface area contributed by atoms with E-state index in [0.717, 1.165) is 12.0 Å². The minimum absolute atomic E-state index is 0.0268. The van der Waals surface area contributed by atoms with Crippen LogP contribution >= 0.6 is 0 Å². The van der Waals surface area contributed by atoms with E-state index in [2.05, 4.69) is 6.08 Å². The van der Waals surface area contributed by atoms with Gasteiger partial charge in [0, 0.05) is 5.56 Å². The van der Waals surface area contributed by atoms with Crippen LogP contribution < -0.4 is 0 Å². The van der Waals surface area contributed by atoms with E-state index in [4.69, 9.17) is 9.47 Å². The predicted molar refractivity (Wildman–Crippen MR) is 95.5 cm³/mol. The third kappa shape index (κ3) is 3.93. The molecule has 1 aromatic rings. The van der Waals surface area contributed by atoms with E-state index in [0.29, 0.717) is 18.8 Å². The summed E-state index contributed by atoms with van der Waals surface area (Å²) >= 11 is 0. The van der Waals surface area contributed by atoms with Crippen molar-refractivity contribution in [1.29, 1.82) is 0 Å². The molecule has 2 aliphatic rings. The molecule has 1 saturated heterocycles. The number of nitrogens with zero attached hydrogens (tertiary/aromatic N) is 1. The van der Waals surface area contributed by atoms with Crippen molar-refractivity contribution in [3.8, 4) is 0 Å². The van der Waals surface area contributed by atoms with Crippen LogP contribution in [0.5, 0.6) is 0 Å². The Morgan fingerprint density at radius 2 is 1.84 bits per heavy atom. The molecule has 1 aromatic carbocycles. The summed E-state index contributed by atoms with van der Waals surface area (Å²) in [5.41, 5.74) is 2.47. The third-order valence-electron chi connectivity index (χ3n) is 4.47. The van der Waals surface area contributed by atoms with Crippen molar-refractivity contribution < 1.29 is 19.1 Å². The fourth-order valence-corrected chi connectivity index (χ4v) is 3.33. The van der Waals surface area contributed by atoms with Gasteiger partial charge < -0.3 is 9.47 Å². The number of amides is 1. The minimum Gasteiger partial charge on any atom is -0.444 e. The van der Waals surface area contributed by atoms with Crippen LogP contribution in [0.15, 0.2) is 30.3 Å². The Labute approximate surface area is 148 Å². The van der Waals surface area contributed by atoms with Gasteiger partial charge in [0.15, 0.2) is 5.78 Å². The van der Waals surface area contributed by atoms with Crippen LogP contribution in [-0.4, -0.2) is 47.7 Å². The minimum atomic E-state index is -0.515. The highest BCUT2D eigenvalue weighted by Gasteiger charge is 2.40. The number of carbonyl (C=O) groups is 2. The Kier molecular flexibility index (Phi) is 4.69. The van der Waals surface area contributed by atoms with E-state index >= 15 is 0 Å². The number of Topliss-reactive ketones (excluding diaryl/α,β-unsaturated/α-hetero) is 1. The van der Waals surface area contributed by atoms with E-state index in [1.54, 1.807) is 6.92 Å². The maximum Gasteiger partial charge on any atom is 0.411 e. The van der Waals surface area contributed by atoms with Crippen LogP contribution in [0.2, 0.25) is 0 Å². The molecule has 1 fully saturated rings. The predicted octanol–water partition coefficient (Wildman–Crippen LogP) is 3.68. The zero-order valence-electron chi connectivity index (χ0n) is 15.2. The molecule has 1 amide bonds. The first kappa shape index (κ1) is 17.7. The molecule has 2 aliphatic heterocycles. The highest BCUT2D eigenvalue weighted by Crippen LogP contribution is 2.33. The van der Waals surface area contributed by atoms with Crippen LogP contribution in [-0.2, 0) is 9.47 Å². The molecule has 0 radical (unpaired) electrons. The molecule has 134 valence electrons. The number of carbonyl (C=O) groups excluding carboxylic acids is 2. The van der Waals surface area contributed by atoms with Crippen molar-refractivity contribution in [3.63, 3.8) is 0 Å². The second-order valence-electron chi connectivity index (χ2n) is 7.68. The summed E-state index contributed by atoms with van der Waals surface area (Å²) < 4.78 is 11.2. The maximum atomic E-state index is 12.6. The second-order valence-corrected chi connectivity index (χ2v) is 7.68. The molecule has 2 unspecified atom stereocenters. The van der Waals surface area contributed by atoms with Gasteiger partial charge in [-0.15, -0.1) is 0 Å². The summed E-state index contributed by atoms with van der Waals surface area (Å²) in [4.78, 5) is 25.8. The van der Waals surface area contributed by atoms with Crippen molar-refractivity contribution in [1.82, 2.24) is 4.90 Å². The van der Waals surface area contributed by atoms with E-state index in [1.807, 2.05) is 49.9 Å². The smallest absolute Gasteiger partial charge is 0.411 e. The van der Waals surface area contributed by atoms with Gasteiger partial charge in [0.25, 0.3) is 0 Å². The summed E-state index contributed by atoms with van der Waals surface area (Å²) in [6.07, 6.45) is 2.52. The highest BCUT2D eigenvalue weighted by atomic mass is 16.6. The van der Waals surface area contributed by atoms with Crippen LogP contribution in [0.3, 0.4) is 0 Å². The van der Waals surface area contributed by atoms with Gasteiger partial charge in [0.2, 0.25) is 0 Å². The fourth-order valence-electron chi connectivity index (χ4n) is 3.33. The number of fused-ring (bicyclic) bond motifs is 2. The van der Waals surface area contributed by atoms with Crippen LogP contribution in [0.25, 0.3) is 5.57 Å². The van der Waals surface area contributed by atoms with Gasteiger partial charge >= 0.3 is 6.09 Å². The van der Waals surface area contributed by atoms with Gasteiger partial charge in [0.1, 0.15) is 5.60 Å². The van der Waals surface area contributed by atoms with Gasteiger partial charge in [-0.2, -0.15) is 0 Å². The summed E-state index contributed by atoms with van der Waals surface area (Å²) in [6.45, 7) is 8.18. The molecule has 25 heavy (non-hydrogen) atoms. The maximum absolute atomic E-state index is 12.6. The standard InChI is InChI=1S/C20H25NO4/c1-13(22)14-5-7-15(8-6-14)16-9-17-11-24-12-18(10-16)21(17)19(23)25-20(2,3)4/h5-9,17-18H,10-12H2,1-4H3. The van der Waals surface area contributed by atoms with Gasteiger partial charge in [-0.05, 0) is 45.3 Å². The first-order chi connectivity index (χ1) is 11.7. The first-order valence-corrected chi connectivity index (χ1v) is 8.66. The first-order valence-electron chi connectivity index (χ1n) is 8.66. The molecular formula is C20H25NO4. The van der Waals surface area contributed by atoms with Crippen molar-refractivity contribution >= 4 is 17.4 Å². The van der Waals surface area contributed by atoms with Crippen LogP contribution in [0.4, 0.5) is 4.79 Å². The number of hydrogen-bond acceptors (Lipinski definition) is 4. The number of morpholine rings is 1. The van der Waals surface area contributed by atoms with Gasteiger partial charge in [-0.3, -0.25) is 9.69 Å². The topological polar surface area (TPSA) is 55.8 Å². The van der Waals surface area contributed by atoms with Gasteiger partial charge in [-0.1, -0.05) is 30.3 Å². The molecule has 3 rings (SSSR count). The van der Waals surface area contributed by atoms with Crippen LogP contribution in [0, 0.1) is 0 Å². The summed E-state index contributed by atoms with van der Waals surface area (Å²) in [5.74, 6) is 0.0607. The number of rotatable bonds is 2. The number of hydrogen-bond donors (Lipinski definition) is 0. The van der Waals surface area contributed by atoms with E-state index in [9.17, 15) is 9.59 Å². The lowest BCUT2D eigenvalue weighted by Crippen LogP contribution is -2.57. The zero-order valence-corrected chi connectivity index (χ0v) is 15.2. The van der Waals surface area contributed by atoms with Gasteiger partial charge in [-0.25, -0.2) is 4.79 Å². The van der Waals surface area contributed by atoms with Crippen LogP contribution in [0.1, 0.15) is 50.0 Å². The Bertz CT molecular complexity index is 699. The molecule has 5 heteroatoms. The summed E-state index contributed by atoms with van der Waals surface area (Å²) in [5, 5.41) is 0. The molecule has 5 nitrogen and oxygen atoms in total. The summed E-state index contributed by atoms with van der Waals surface area (Å²) in [6, 6.07) is 7.51. The molecule has 2 atom stereocenters. The van der Waals surface area contributed by atoms with E-state index < -0.39 is 5.60 Å². The fraction of sp³-hybridized carbons (Fsp3) is 0.500. The highest BCUT2D eigenvalue weighted by molar-refractivity contribution is 5.94. The number of ether oxygens (including phenoxy) is 2. The lowest BCUT2D eigenvalue weighted by molar-refractivity contribution is -0.0510. The molecular weight excluding hydrogens is 318 g/mol. The number of ketones is 1. The quantitative estimate of drug-likeness (QED) is 0.769. The largest absolute Gasteiger partial charge is 0.444 e. The molecule has 0 N–H and O–H groups in total. The normalized spacial score (nSPS) is 23.0. The lowest BCUT2D eigenvalue weighted by Gasteiger charge is -2.44. The molecule has 0 spiro atoms. The molecule has 0 aromatic heterocycles. The van der Waals surface area contributed by atoms with Crippen molar-refractivity contribution in [3.05, 3.63) is 41.5 Å². The average molecular weight is 343 g/mol. The third-order valence-corrected chi connectivity index (χ3v) is 4.47. The van der Waals surface area contributed by atoms with Crippen molar-refractivity contribution in [2.75, 3.05) is 13.2 Å². The summed E-state index contributed by atoms with van der Waals surface area (Å²) in [7, 11) is 0. The average Bonchev–Trinajstić information content (AvgIpc) is 2.52. The molecule has 0 saturated carbocycles. The molecule has 2 heterocycles. The zero-order chi connectivity index (χ0) is 18.2. The van der Waals surface area contributed by atoms with E-state index in [-0.39, 0.29) is 24.0 Å². The monoisotopic (exact) mass is 343 g/mol. The SMILES string of the molecule is CC(=O)c1ccc(C2=CC3COCC(C2)N3C(=O)OC(C)(C)C)cc1. The van der Waals surface area contributed by atoms with Gasteiger partial charge in [0.05, 0.1) is 25.3 Å². The Morgan fingerprint density at radius 1 is 1.16 bits per heavy atom. The Hall–Kier alpha value is -2.14. The second kappa shape index (κ2) is 6.64.